The van der Waals surface area contributed by atoms with E-state index in [1.54, 1.807) is 10.6 Å². The molecule has 0 N–H and O–H groups in total. The number of amides is 1. The SMILES string of the molecule is CCn1c(=O)cc(SCC(=O)N2C[C@@H](C)C[C@H](C)C2)c2ccccc21. The van der Waals surface area contributed by atoms with Crippen LogP contribution >= 0.6 is 11.8 Å². The van der Waals surface area contributed by atoms with E-state index in [-0.39, 0.29) is 11.5 Å². The molecule has 0 radical (unpaired) electrons. The van der Waals surface area contributed by atoms with Gasteiger partial charge in [0.2, 0.25) is 5.91 Å². The highest BCUT2D eigenvalue weighted by Gasteiger charge is 2.25. The highest BCUT2D eigenvalue weighted by molar-refractivity contribution is 8.00. The summed E-state index contributed by atoms with van der Waals surface area (Å²) in [6.07, 6.45) is 1.19. The molecule has 2 aromatic rings. The summed E-state index contributed by atoms with van der Waals surface area (Å²) in [6, 6.07) is 9.60. The number of hydrogen-bond acceptors (Lipinski definition) is 3. The molecule has 1 fully saturated rings. The normalized spacial score (nSPS) is 20.8. The molecule has 25 heavy (non-hydrogen) atoms. The van der Waals surface area contributed by atoms with Crippen LogP contribution in [0.2, 0.25) is 0 Å². The molecule has 1 aliphatic rings. The largest absolute Gasteiger partial charge is 0.341 e. The molecule has 0 aliphatic carbocycles. The number of benzene rings is 1. The quantitative estimate of drug-likeness (QED) is 0.784. The summed E-state index contributed by atoms with van der Waals surface area (Å²) < 4.78 is 1.77. The van der Waals surface area contributed by atoms with Gasteiger partial charge < -0.3 is 9.47 Å². The highest BCUT2D eigenvalue weighted by Crippen LogP contribution is 2.28. The first-order valence-corrected chi connectivity index (χ1v) is 10.0. The number of fused-ring (bicyclic) bond motifs is 1. The van der Waals surface area contributed by atoms with E-state index in [9.17, 15) is 9.59 Å². The van der Waals surface area contributed by atoms with Crippen molar-refractivity contribution in [2.75, 3.05) is 18.8 Å². The van der Waals surface area contributed by atoms with Gasteiger partial charge in [-0.05, 0) is 31.2 Å². The van der Waals surface area contributed by atoms with Gasteiger partial charge in [0.25, 0.3) is 5.56 Å². The molecule has 134 valence electrons. The molecule has 1 aromatic heterocycles. The molecule has 1 amide bonds. The lowest BCUT2D eigenvalue weighted by Crippen LogP contribution is -2.43. The maximum absolute atomic E-state index is 12.6. The van der Waals surface area contributed by atoms with Crippen molar-refractivity contribution in [1.29, 1.82) is 0 Å². The summed E-state index contributed by atoms with van der Waals surface area (Å²) >= 11 is 1.48. The molecule has 2 heterocycles. The van der Waals surface area contributed by atoms with Gasteiger partial charge in [-0.1, -0.05) is 32.0 Å². The molecular formula is C20H26N2O2S. The van der Waals surface area contributed by atoms with E-state index < -0.39 is 0 Å². The Bertz CT molecular complexity index is 820. The standard InChI is InChI=1S/C20H26N2O2S/c1-4-22-17-8-6-5-7-16(17)18(10-19(22)23)25-13-20(24)21-11-14(2)9-15(3)12-21/h5-8,10,14-15H,4,9,11-13H2,1-3H3/t14-,15-/m0/s1. The Morgan fingerprint density at radius 1 is 1.20 bits per heavy atom. The van der Waals surface area contributed by atoms with Crippen LogP contribution in [0.1, 0.15) is 27.2 Å². The lowest BCUT2D eigenvalue weighted by atomic mass is 9.92. The summed E-state index contributed by atoms with van der Waals surface area (Å²) in [5.41, 5.74) is 0.934. The average Bonchev–Trinajstić information content (AvgIpc) is 2.58. The molecule has 3 rings (SSSR count). The maximum Gasteiger partial charge on any atom is 0.252 e. The van der Waals surface area contributed by atoms with Crippen molar-refractivity contribution in [3.8, 4) is 0 Å². The third-order valence-corrected chi connectivity index (χ3v) is 5.91. The highest BCUT2D eigenvalue weighted by atomic mass is 32.2. The van der Waals surface area contributed by atoms with Crippen LogP contribution in [0.5, 0.6) is 0 Å². The lowest BCUT2D eigenvalue weighted by molar-refractivity contribution is -0.130. The number of hydrogen-bond donors (Lipinski definition) is 0. The van der Waals surface area contributed by atoms with Crippen molar-refractivity contribution in [1.82, 2.24) is 9.47 Å². The maximum atomic E-state index is 12.6. The first-order valence-electron chi connectivity index (χ1n) is 9.02. The van der Waals surface area contributed by atoms with Gasteiger partial charge in [-0.15, -0.1) is 11.8 Å². The van der Waals surface area contributed by atoms with Crippen molar-refractivity contribution in [2.45, 2.75) is 38.6 Å². The van der Waals surface area contributed by atoms with Gasteiger partial charge >= 0.3 is 0 Å². The Morgan fingerprint density at radius 3 is 2.56 bits per heavy atom. The minimum Gasteiger partial charge on any atom is -0.341 e. The number of thioether (sulfide) groups is 1. The van der Waals surface area contributed by atoms with Crippen molar-refractivity contribution < 1.29 is 4.79 Å². The zero-order valence-electron chi connectivity index (χ0n) is 15.2. The van der Waals surface area contributed by atoms with Crippen molar-refractivity contribution in [3.63, 3.8) is 0 Å². The predicted molar refractivity (Wildman–Crippen MR) is 104 cm³/mol. The number of nitrogens with zero attached hydrogens (tertiary/aromatic N) is 2. The zero-order valence-corrected chi connectivity index (χ0v) is 16.0. The monoisotopic (exact) mass is 358 g/mol. The van der Waals surface area contributed by atoms with Crippen LogP contribution < -0.4 is 5.56 Å². The van der Waals surface area contributed by atoms with E-state index in [1.165, 1.54) is 18.2 Å². The smallest absolute Gasteiger partial charge is 0.252 e. The Kier molecular flexibility index (Phi) is 5.52. The first kappa shape index (κ1) is 18.1. The second kappa shape index (κ2) is 7.65. The van der Waals surface area contributed by atoms with E-state index >= 15 is 0 Å². The number of carbonyl (C=O) groups excluding carboxylic acids is 1. The summed E-state index contributed by atoms with van der Waals surface area (Å²) in [5, 5.41) is 1.04. The van der Waals surface area contributed by atoms with Gasteiger partial charge in [0.05, 0.1) is 11.3 Å². The molecule has 2 atom stereocenters. The number of aromatic nitrogens is 1. The number of piperidine rings is 1. The second-order valence-electron chi connectivity index (χ2n) is 7.14. The Balaban J connectivity index is 1.80. The molecule has 5 heteroatoms. The molecule has 0 saturated carbocycles. The topological polar surface area (TPSA) is 42.3 Å². The Labute approximate surface area is 153 Å². The number of likely N-dealkylation sites (tertiary alicyclic amines) is 1. The summed E-state index contributed by atoms with van der Waals surface area (Å²) in [4.78, 5) is 27.9. The minimum absolute atomic E-state index is 0.00336. The molecule has 0 bridgehead atoms. The summed E-state index contributed by atoms with van der Waals surface area (Å²) in [7, 11) is 0. The Morgan fingerprint density at radius 2 is 1.88 bits per heavy atom. The van der Waals surface area contributed by atoms with Crippen LogP contribution in [0.25, 0.3) is 10.9 Å². The minimum atomic E-state index is -0.00336. The van der Waals surface area contributed by atoms with Crippen LogP contribution in [-0.2, 0) is 11.3 Å². The molecule has 0 unspecified atom stereocenters. The average molecular weight is 359 g/mol. The van der Waals surface area contributed by atoms with E-state index in [0.29, 0.717) is 24.1 Å². The van der Waals surface area contributed by atoms with Gasteiger partial charge in [-0.3, -0.25) is 9.59 Å². The number of rotatable bonds is 4. The van der Waals surface area contributed by atoms with Gasteiger partial charge in [0.15, 0.2) is 0 Å². The van der Waals surface area contributed by atoms with Crippen LogP contribution in [-0.4, -0.2) is 34.2 Å². The lowest BCUT2D eigenvalue weighted by Gasteiger charge is -2.35. The van der Waals surface area contributed by atoms with Crippen molar-refractivity contribution >= 4 is 28.6 Å². The predicted octanol–water partition coefficient (Wildman–Crippen LogP) is 3.62. The van der Waals surface area contributed by atoms with Crippen LogP contribution in [0.15, 0.2) is 40.0 Å². The summed E-state index contributed by atoms with van der Waals surface area (Å²) in [6.45, 7) is 8.74. The van der Waals surface area contributed by atoms with Crippen LogP contribution in [0.4, 0.5) is 0 Å². The number of aryl methyl sites for hydroxylation is 1. The fourth-order valence-corrected chi connectivity index (χ4v) is 4.82. The summed E-state index contributed by atoms with van der Waals surface area (Å²) in [5.74, 6) is 1.69. The van der Waals surface area contributed by atoms with Crippen LogP contribution in [0, 0.1) is 11.8 Å². The number of para-hydroxylation sites is 1. The fraction of sp³-hybridized carbons (Fsp3) is 0.500. The molecule has 1 aliphatic heterocycles. The number of pyridine rings is 1. The Hall–Kier alpha value is -1.75. The van der Waals surface area contributed by atoms with E-state index in [2.05, 4.69) is 13.8 Å². The van der Waals surface area contributed by atoms with Gasteiger partial charge in [0, 0.05) is 36.0 Å². The zero-order chi connectivity index (χ0) is 18.0. The van der Waals surface area contributed by atoms with Crippen molar-refractivity contribution in [2.24, 2.45) is 11.8 Å². The fourth-order valence-electron chi connectivity index (χ4n) is 3.85. The van der Waals surface area contributed by atoms with Gasteiger partial charge in [-0.2, -0.15) is 0 Å². The van der Waals surface area contributed by atoms with Gasteiger partial charge in [-0.25, -0.2) is 0 Å². The third-order valence-electron chi connectivity index (χ3n) is 4.87. The van der Waals surface area contributed by atoms with Crippen LogP contribution in [0.3, 0.4) is 0 Å². The molecule has 4 nitrogen and oxygen atoms in total. The molecular weight excluding hydrogens is 332 g/mol. The third kappa shape index (κ3) is 3.92. The number of carbonyl (C=O) groups is 1. The van der Waals surface area contributed by atoms with Crippen molar-refractivity contribution in [3.05, 3.63) is 40.7 Å². The van der Waals surface area contributed by atoms with E-state index in [4.69, 9.17) is 0 Å². The second-order valence-corrected chi connectivity index (χ2v) is 8.16. The molecule has 0 spiro atoms. The van der Waals surface area contributed by atoms with E-state index in [0.717, 1.165) is 28.9 Å². The molecule has 1 saturated heterocycles. The molecule has 1 aromatic carbocycles. The van der Waals surface area contributed by atoms with Gasteiger partial charge in [0.1, 0.15) is 0 Å². The first-order chi connectivity index (χ1) is 12.0. The van der Waals surface area contributed by atoms with E-state index in [1.807, 2.05) is 36.1 Å².